The molecule has 0 N–H and O–H groups in total. The molecular weight excluding hydrogens is 913 g/mol. The summed E-state index contributed by atoms with van der Waals surface area (Å²) < 4.78 is 16.8. The first-order valence-corrected chi connectivity index (χ1v) is 31.6. The SMILES string of the molecule is CC/C=C\C/C=C\C/C=C\C/C=C\C/C=C\CC(=O)OCC(COC(=O)CCCCCCCCCCCCCCC/C=C\C/C=C\CCCCCCC)OC(=O)CCCCCCCCCCCCCCCCCC. The Labute approximate surface area is 458 Å². The molecule has 6 heteroatoms. The Hall–Kier alpha value is -3.41. The van der Waals surface area contributed by atoms with Gasteiger partial charge in [0.2, 0.25) is 0 Å². The number of esters is 3. The van der Waals surface area contributed by atoms with Crippen molar-refractivity contribution >= 4 is 17.9 Å². The lowest BCUT2D eigenvalue weighted by Gasteiger charge is -2.18. The lowest BCUT2D eigenvalue weighted by molar-refractivity contribution is -0.166. The summed E-state index contributed by atoms with van der Waals surface area (Å²) in [6, 6.07) is 0. The molecular formula is C68H118O6. The van der Waals surface area contributed by atoms with Crippen LogP contribution in [0.1, 0.15) is 310 Å². The molecule has 0 aliphatic heterocycles. The van der Waals surface area contributed by atoms with Crippen LogP contribution in [-0.2, 0) is 28.6 Å². The number of rotatable bonds is 57. The molecule has 0 aromatic carbocycles. The predicted molar refractivity (Wildman–Crippen MR) is 321 cm³/mol. The van der Waals surface area contributed by atoms with E-state index < -0.39 is 12.1 Å². The maximum Gasteiger partial charge on any atom is 0.309 e. The summed E-state index contributed by atoms with van der Waals surface area (Å²) >= 11 is 0. The van der Waals surface area contributed by atoms with E-state index >= 15 is 0 Å². The summed E-state index contributed by atoms with van der Waals surface area (Å²) in [4.78, 5) is 38.2. The number of ether oxygens (including phenoxy) is 3. The Kier molecular flexibility index (Phi) is 59.3. The Morgan fingerprint density at radius 3 is 0.946 bits per heavy atom. The van der Waals surface area contributed by atoms with Crippen LogP contribution >= 0.6 is 0 Å². The zero-order chi connectivity index (χ0) is 53.6. The van der Waals surface area contributed by atoms with Gasteiger partial charge in [-0.25, -0.2) is 0 Å². The minimum absolute atomic E-state index is 0.104. The first kappa shape index (κ1) is 70.6. The molecule has 6 nitrogen and oxygen atoms in total. The van der Waals surface area contributed by atoms with Gasteiger partial charge in [-0.1, -0.05) is 298 Å². The smallest absolute Gasteiger partial charge is 0.309 e. The lowest BCUT2D eigenvalue weighted by atomic mass is 10.0. The largest absolute Gasteiger partial charge is 0.462 e. The van der Waals surface area contributed by atoms with Crippen LogP contribution in [0.5, 0.6) is 0 Å². The van der Waals surface area contributed by atoms with E-state index in [2.05, 4.69) is 93.7 Å². The first-order valence-electron chi connectivity index (χ1n) is 31.6. The average molecular weight is 1030 g/mol. The van der Waals surface area contributed by atoms with Crippen LogP contribution in [0.15, 0.2) is 85.1 Å². The topological polar surface area (TPSA) is 78.9 Å². The third kappa shape index (κ3) is 59.5. The van der Waals surface area contributed by atoms with Crippen molar-refractivity contribution in [3.63, 3.8) is 0 Å². The van der Waals surface area contributed by atoms with E-state index in [1.165, 1.54) is 193 Å². The van der Waals surface area contributed by atoms with E-state index in [0.717, 1.165) is 77.0 Å². The Balaban J connectivity index is 4.36. The maximum atomic E-state index is 12.9. The summed E-state index contributed by atoms with van der Waals surface area (Å²) in [5.41, 5.74) is 0. The maximum absolute atomic E-state index is 12.9. The fourth-order valence-corrected chi connectivity index (χ4v) is 8.96. The number of carbonyl (C=O) groups is 3. The van der Waals surface area contributed by atoms with E-state index in [1.54, 1.807) is 6.08 Å². The van der Waals surface area contributed by atoms with Gasteiger partial charge < -0.3 is 14.2 Å². The van der Waals surface area contributed by atoms with Crippen molar-refractivity contribution in [2.24, 2.45) is 0 Å². The molecule has 0 saturated carbocycles. The molecule has 0 amide bonds. The highest BCUT2D eigenvalue weighted by Gasteiger charge is 2.19. The molecule has 0 bridgehead atoms. The molecule has 0 heterocycles. The van der Waals surface area contributed by atoms with E-state index in [1.807, 2.05) is 6.08 Å². The predicted octanol–water partition coefficient (Wildman–Crippen LogP) is 21.5. The zero-order valence-electron chi connectivity index (χ0n) is 48.8. The van der Waals surface area contributed by atoms with Crippen LogP contribution < -0.4 is 0 Å². The normalized spacial score (nSPS) is 12.6. The van der Waals surface area contributed by atoms with Crippen molar-refractivity contribution in [2.45, 2.75) is 316 Å². The van der Waals surface area contributed by atoms with Gasteiger partial charge in [-0.05, 0) is 77.0 Å². The van der Waals surface area contributed by atoms with Gasteiger partial charge in [0.05, 0.1) is 6.42 Å². The van der Waals surface area contributed by atoms with E-state index in [4.69, 9.17) is 14.2 Å². The highest BCUT2D eigenvalue weighted by Crippen LogP contribution is 2.17. The van der Waals surface area contributed by atoms with Crippen molar-refractivity contribution in [1.29, 1.82) is 0 Å². The molecule has 74 heavy (non-hydrogen) atoms. The molecule has 426 valence electrons. The number of unbranched alkanes of at least 4 members (excludes halogenated alkanes) is 33. The Morgan fingerprint density at radius 2 is 0.581 bits per heavy atom. The molecule has 0 aliphatic rings. The highest BCUT2D eigenvalue weighted by atomic mass is 16.6. The molecule has 0 spiro atoms. The summed E-state index contributed by atoms with van der Waals surface area (Å²) in [5.74, 6) is -1.03. The standard InChI is InChI=1S/C68H118O6/c1-4-7-10-13-16-19-22-25-28-30-31-32-33-34-35-36-37-38-41-43-46-49-52-55-58-61-67(70)73-64-65(63-72-66(69)60-57-54-51-48-45-42-39-27-24-21-18-15-12-9-6-3)74-68(71)62-59-56-53-50-47-44-40-29-26-23-20-17-14-11-8-5-2/h9,12,18,21-22,25,27,30-31,39,45,48,54,57,65H,4-8,10-11,13-17,19-20,23-24,26,28-29,32-38,40-44,46-47,49-53,55-56,58-64H2,1-3H3/b12-9-,21-18-,25-22-,31-30-,39-27-,48-45-,57-54-. The third-order valence-electron chi connectivity index (χ3n) is 13.7. The first-order chi connectivity index (χ1) is 36.5. The molecule has 0 aromatic rings. The van der Waals surface area contributed by atoms with Crippen LogP contribution in [0.4, 0.5) is 0 Å². The van der Waals surface area contributed by atoms with Gasteiger partial charge in [0.15, 0.2) is 6.10 Å². The number of hydrogen-bond donors (Lipinski definition) is 0. The summed E-state index contributed by atoms with van der Waals surface area (Å²) in [7, 11) is 0. The van der Waals surface area contributed by atoms with E-state index in [-0.39, 0.29) is 31.6 Å². The molecule has 0 rings (SSSR count). The quantitative estimate of drug-likeness (QED) is 0.0261. The molecule has 1 atom stereocenters. The molecule has 1 unspecified atom stereocenters. The second-order valence-corrected chi connectivity index (χ2v) is 21.0. The summed E-state index contributed by atoms with van der Waals surface area (Å²) in [6.45, 7) is 6.46. The monoisotopic (exact) mass is 1030 g/mol. The minimum Gasteiger partial charge on any atom is -0.462 e. The number of carbonyl (C=O) groups excluding carboxylic acids is 3. The summed E-state index contributed by atoms with van der Waals surface area (Å²) in [6.07, 6.45) is 81.9. The van der Waals surface area contributed by atoms with Gasteiger partial charge in [0, 0.05) is 12.8 Å². The highest BCUT2D eigenvalue weighted by molar-refractivity contribution is 5.72. The van der Waals surface area contributed by atoms with Crippen LogP contribution in [0.2, 0.25) is 0 Å². The van der Waals surface area contributed by atoms with Gasteiger partial charge in [0.25, 0.3) is 0 Å². The Bertz CT molecular complexity index is 1420. The van der Waals surface area contributed by atoms with Crippen molar-refractivity contribution in [1.82, 2.24) is 0 Å². The zero-order valence-corrected chi connectivity index (χ0v) is 48.8. The molecule has 0 aromatic heterocycles. The van der Waals surface area contributed by atoms with Crippen LogP contribution in [-0.4, -0.2) is 37.2 Å². The third-order valence-corrected chi connectivity index (χ3v) is 13.7. The second kappa shape index (κ2) is 62.1. The van der Waals surface area contributed by atoms with Crippen LogP contribution in [0.3, 0.4) is 0 Å². The molecule has 0 fully saturated rings. The Morgan fingerprint density at radius 1 is 0.297 bits per heavy atom. The van der Waals surface area contributed by atoms with E-state index in [0.29, 0.717) is 12.8 Å². The lowest BCUT2D eigenvalue weighted by Crippen LogP contribution is -2.30. The fourth-order valence-electron chi connectivity index (χ4n) is 8.96. The molecule has 0 saturated heterocycles. The van der Waals surface area contributed by atoms with E-state index in [9.17, 15) is 14.4 Å². The fraction of sp³-hybridized carbons (Fsp3) is 0.750. The summed E-state index contributed by atoms with van der Waals surface area (Å²) in [5, 5.41) is 0. The average Bonchev–Trinajstić information content (AvgIpc) is 3.40. The van der Waals surface area contributed by atoms with Gasteiger partial charge in [-0.3, -0.25) is 14.4 Å². The molecule has 0 radical (unpaired) electrons. The van der Waals surface area contributed by atoms with Gasteiger partial charge >= 0.3 is 17.9 Å². The van der Waals surface area contributed by atoms with Gasteiger partial charge in [0.1, 0.15) is 13.2 Å². The second-order valence-electron chi connectivity index (χ2n) is 21.0. The van der Waals surface area contributed by atoms with Crippen LogP contribution in [0, 0.1) is 0 Å². The van der Waals surface area contributed by atoms with Crippen molar-refractivity contribution in [3.05, 3.63) is 85.1 Å². The van der Waals surface area contributed by atoms with Crippen molar-refractivity contribution in [3.8, 4) is 0 Å². The van der Waals surface area contributed by atoms with Gasteiger partial charge in [-0.15, -0.1) is 0 Å². The number of allylic oxidation sites excluding steroid dienone is 13. The van der Waals surface area contributed by atoms with Crippen molar-refractivity contribution in [2.75, 3.05) is 13.2 Å². The van der Waals surface area contributed by atoms with Gasteiger partial charge in [-0.2, -0.15) is 0 Å². The van der Waals surface area contributed by atoms with Crippen LogP contribution in [0.25, 0.3) is 0 Å². The minimum atomic E-state index is -0.815. The molecule has 0 aliphatic carbocycles. The van der Waals surface area contributed by atoms with Crippen molar-refractivity contribution < 1.29 is 28.6 Å². The number of hydrogen-bond acceptors (Lipinski definition) is 6.